The second-order valence-electron chi connectivity index (χ2n) is 4.60. The maximum atomic E-state index is 6.14. The van der Waals surface area contributed by atoms with E-state index in [0.717, 1.165) is 17.2 Å². The Hall–Kier alpha value is -1.26. The molecule has 4 heteroatoms. The van der Waals surface area contributed by atoms with Gasteiger partial charge in [0.25, 0.3) is 0 Å². The topological polar surface area (TPSA) is 51.8 Å². The molecule has 2 aromatic rings. The lowest BCUT2D eigenvalue weighted by Gasteiger charge is -2.26. The Labute approximate surface area is 105 Å². The molecule has 17 heavy (non-hydrogen) atoms. The Bertz CT molecular complexity index is 474. The zero-order valence-electron chi connectivity index (χ0n) is 9.54. The number of hydrogen-bond donors (Lipinski definition) is 1. The van der Waals surface area contributed by atoms with E-state index in [2.05, 4.69) is 33.9 Å². The van der Waals surface area contributed by atoms with E-state index in [1.165, 1.54) is 36.4 Å². The minimum atomic E-state index is -0.149. The van der Waals surface area contributed by atoms with E-state index in [0.29, 0.717) is 0 Å². The molecule has 1 aliphatic rings. The average Bonchev–Trinajstić information content (AvgIpc) is 2.80. The molecule has 0 radical (unpaired) electrons. The highest BCUT2D eigenvalue weighted by molar-refractivity contribution is 7.03. The van der Waals surface area contributed by atoms with Gasteiger partial charge in [-0.3, -0.25) is 0 Å². The van der Waals surface area contributed by atoms with Gasteiger partial charge in [0.15, 0.2) is 0 Å². The number of hydrogen-bond acceptors (Lipinski definition) is 4. The summed E-state index contributed by atoms with van der Waals surface area (Å²) in [6.07, 6.45) is 4.04. The summed E-state index contributed by atoms with van der Waals surface area (Å²) in [5.74, 6) is 0.779. The van der Waals surface area contributed by atoms with Gasteiger partial charge in [-0.1, -0.05) is 35.2 Å². The van der Waals surface area contributed by atoms with Gasteiger partial charge in [0.05, 0.1) is 11.7 Å². The molecule has 0 bridgehead atoms. The molecule has 1 atom stereocenters. The van der Waals surface area contributed by atoms with Crippen LogP contribution in [0.2, 0.25) is 0 Å². The van der Waals surface area contributed by atoms with Gasteiger partial charge < -0.3 is 5.73 Å². The second kappa shape index (κ2) is 4.55. The summed E-state index contributed by atoms with van der Waals surface area (Å²) in [4.78, 5) is 0. The SMILES string of the molecule is NC(c1ccc(C2CCC2)cc1)c1csnn1. The maximum absolute atomic E-state index is 6.14. The lowest BCUT2D eigenvalue weighted by atomic mass is 9.80. The van der Waals surface area contributed by atoms with Crippen LogP contribution in [0.5, 0.6) is 0 Å². The molecule has 0 amide bonds. The largest absolute Gasteiger partial charge is 0.319 e. The summed E-state index contributed by atoms with van der Waals surface area (Å²) in [5.41, 5.74) is 9.55. The van der Waals surface area contributed by atoms with E-state index >= 15 is 0 Å². The molecule has 1 aromatic carbocycles. The zero-order chi connectivity index (χ0) is 11.7. The van der Waals surface area contributed by atoms with Crippen LogP contribution in [-0.4, -0.2) is 9.59 Å². The van der Waals surface area contributed by atoms with Crippen molar-refractivity contribution in [2.75, 3.05) is 0 Å². The van der Waals surface area contributed by atoms with Crippen molar-refractivity contribution in [3.63, 3.8) is 0 Å². The van der Waals surface area contributed by atoms with Crippen LogP contribution in [0.25, 0.3) is 0 Å². The van der Waals surface area contributed by atoms with Crippen molar-refractivity contribution >= 4 is 11.5 Å². The fourth-order valence-corrected chi connectivity index (χ4v) is 2.69. The van der Waals surface area contributed by atoms with Gasteiger partial charge in [0.1, 0.15) is 0 Å². The molecular formula is C13H15N3S. The van der Waals surface area contributed by atoms with Crippen molar-refractivity contribution in [3.8, 4) is 0 Å². The molecular weight excluding hydrogens is 230 g/mol. The Morgan fingerprint density at radius 3 is 2.53 bits per heavy atom. The van der Waals surface area contributed by atoms with Gasteiger partial charge in [-0.2, -0.15) is 0 Å². The summed E-state index contributed by atoms with van der Waals surface area (Å²) in [5, 5.41) is 5.93. The summed E-state index contributed by atoms with van der Waals surface area (Å²) >= 11 is 1.34. The van der Waals surface area contributed by atoms with E-state index in [-0.39, 0.29) is 6.04 Å². The minimum absolute atomic E-state index is 0.149. The van der Waals surface area contributed by atoms with E-state index < -0.39 is 0 Å². The Morgan fingerprint density at radius 1 is 1.24 bits per heavy atom. The van der Waals surface area contributed by atoms with Gasteiger partial charge >= 0.3 is 0 Å². The van der Waals surface area contributed by atoms with Crippen LogP contribution in [0.15, 0.2) is 29.6 Å². The molecule has 2 N–H and O–H groups in total. The van der Waals surface area contributed by atoms with E-state index in [1.54, 1.807) is 0 Å². The van der Waals surface area contributed by atoms with Crippen LogP contribution in [0.1, 0.15) is 48.0 Å². The molecule has 1 unspecified atom stereocenters. The van der Waals surface area contributed by atoms with Crippen molar-refractivity contribution < 1.29 is 0 Å². The van der Waals surface area contributed by atoms with Crippen molar-refractivity contribution in [2.24, 2.45) is 5.73 Å². The molecule has 88 valence electrons. The van der Waals surface area contributed by atoms with E-state index in [4.69, 9.17) is 5.73 Å². The van der Waals surface area contributed by atoms with Crippen molar-refractivity contribution in [1.29, 1.82) is 0 Å². The third-order valence-electron chi connectivity index (χ3n) is 3.57. The first-order chi connectivity index (χ1) is 8.34. The Morgan fingerprint density at radius 2 is 2.00 bits per heavy atom. The summed E-state index contributed by atoms with van der Waals surface area (Å²) in [6, 6.07) is 8.51. The second-order valence-corrected chi connectivity index (χ2v) is 5.21. The van der Waals surface area contributed by atoms with Crippen LogP contribution in [0, 0.1) is 0 Å². The molecule has 1 aromatic heterocycles. The molecule has 1 fully saturated rings. The molecule has 3 rings (SSSR count). The third kappa shape index (κ3) is 2.10. The van der Waals surface area contributed by atoms with Gasteiger partial charge in [-0.05, 0) is 41.4 Å². The summed E-state index contributed by atoms with van der Waals surface area (Å²) < 4.78 is 3.85. The first kappa shape index (κ1) is 10.9. The minimum Gasteiger partial charge on any atom is -0.319 e. The third-order valence-corrected chi connectivity index (χ3v) is 4.09. The highest BCUT2D eigenvalue weighted by Crippen LogP contribution is 2.36. The first-order valence-electron chi connectivity index (χ1n) is 5.97. The van der Waals surface area contributed by atoms with Crippen LogP contribution in [0.4, 0.5) is 0 Å². The predicted octanol–water partition coefficient (Wildman–Crippen LogP) is 2.85. The number of rotatable bonds is 3. The Balaban J connectivity index is 1.79. The number of aromatic nitrogens is 2. The quantitative estimate of drug-likeness (QED) is 0.904. The highest BCUT2D eigenvalue weighted by atomic mass is 32.1. The fraction of sp³-hybridized carbons (Fsp3) is 0.385. The van der Waals surface area contributed by atoms with Gasteiger partial charge in [-0.25, -0.2) is 0 Å². The molecule has 1 saturated carbocycles. The summed E-state index contributed by atoms with van der Waals surface area (Å²) in [6.45, 7) is 0. The van der Waals surface area contributed by atoms with Crippen molar-refractivity contribution in [3.05, 3.63) is 46.5 Å². The highest BCUT2D eigenvalue weighted by Gasteiger charge is 2.19. The standard InChI is InChI=1S/C13H15N3S/c14-13(12-8-17-16-15-12)11-6-4-10(5-7-11)9-2-1-3-9/h4-9,13H,1-3,14H2. The monoisotopic (exact) mass is 245 g/mol. The van der Waals surface area contributed by atoms with Crippen LogP contribution < -0.4 is 5.73 Å². The average molecular weight is 245 g/mol. The number of nitrogens with two attached hydrogens (primary N) is 1. The lowest BCUT2D eigenvalue weighted by molar-refractivity contribution is 0.419. The predicted molar refractivity (Wildman–Crippen MR) is 69.0 cm³/mol. The molecule has 3 nitrogen and oxygen atoms in total. The molecule has 0 aliphatic heterocycles. The normalized spacial score (nSPS) is 17.7. The van der Waals surface area contributed by atoms with Gasteiger partial charge in [0, 0.05) is 5.38 Å². The summed E-state index contributed by atoms with van der Waals surface area (Å²) in [7, 11) is 0. The van der Waals surface area contributed by atoms with Crippen LogP contribution in [-0.2, 0) is 0 Å². The van der Waals surface area contributed by atoms with E-state index in [1.807, 2.05) is 5.38 Å². The Kier molecular flexibility index (Phi) is 2.91. The molecule has 1 aliphatic carbocycles. The molecule has 0 saturated heterocycles. The molecule has 0 spiro atoms. The number of benzene rings is 1. The van der Waals surface area contributed by atoms with Crippen LogP contribution >= 0.6 is 11.5 Å². The number of nitrogens with zero attached hydrogens (tertiary/aromatic N) is 2. The van der Waals surface area contributed by atoms with Gasteiger partial charge in [-0.15, -0.1) is 5.10 Å². The van der Waals surface area contributed by atoms with Crippen LogP contribution in [0.3, 0.4) is 0 Å². The lowest BCUT2D eigenvalue weighted by Crippen LogP contribution is -2.13. The molecule has 1 heterocycles. The zero-order valence-corrected chi connectivity index (χ0v) is 10.4. The fourth-order valence-electron chi connectivity index (χ4n) is 2.20. The van der Waals surface area contributed by atoms with Gasteiger partial charge in [0.2, 0.25) is 0 Å². The first-order valence-corrected chi connectivity index (χ1v) is 6.80. The van der Waals surface area contributed by atoms with Crippen molar-refractivity contribution in [2.45, 2.75) is 31.2 Å². The maximum Gasteiger partial charge on any atom is 0.0967 e. The smallest absolute Gasteiger partial charge is 0.0967 e. The van der Waals surface area contributed by atoms with Crippen molar-refractivity contribution in [1.82, 2.24) is 9.59 Å². The van der Waals surface area contributed by atoms with E-state index in [9.17, 15) is 0 Å².